The van der Waals surface area contributed by atoms with Gasteiger partial charge in [0.25, 0.3) is 0 Å². The second-order valence-electron chi connectivity index (χ2n) is 6.17. The second-order valence-corrected chi connectivity index (χ2v) is 6.17. The molecule has 1 aliphatic heterocycles. The summed E-state index contributed by atoms with van der Waals surface area (Å²) in [6, 6.07) is 0. The second kappa shape index (κ2) is 11.5. The summed E-state index contributed by atoms with van der Waals surface area (Å²) in [6.45, 7) is 6.55. The zero-order valence-electron chi connectivity index (χ0n) is 14.0. The van der Waals surface area contributed by atoms with Crippen LogP contribution in [0.1, 0.15) is 78.1 Å². The predicted molar refractivity (Wildman–Crippen MR) is 88.8 cm³/mol. The maximum atomic E-state index is 4.82. The highest BCUT2D eigenvalue weighted by Gasteiger charge is 2.21. The SMILES string of the molecule is CCCCCCC1CCCCCC[N-]N(CC)C1NC. The molecule has 1 fully saturated rings. The zero-order valence-corrected chi connectivity index (χ0v) is 14.0. The largest absolute Gasteiger partial charge is 0.593 e. The van der Waals surface area contributed by atoms with Crippen LogP contribution in [0.3, 0.4) is 0 Å². The molecule has 0 spiro atoms. The summed E-state index contributed by atoms with van der Waals surface area (Å²) in [5, 5.41) is 5.86. The molecule has 3 nitrogen and oxygen atoms in total. The first-order valence-corrected chi connectivity index (χ1v) is 8.94. The number of unbranched alkanes of at least 4 members (excludes halogenated alkanes) is 3. The third kappa shape index (κ3) is 6.55. The Morgan fingerprint density at radius 1 is 1.05 bits per heavy atom. The summed E-state index contributed by atoms with van der Waals surface area (Å²) < 4.78 is 0. The van der Waals surface area contributed by atoms with Crippen molar-refractivity contribution < 1.29 is 0 Å². The maximum absolute atomic E-state index is 4.82. The summed E-state index contributed by atoms with van der Waals surface area (Å²) in [5.41, 5.74) is 4.82. The Balaban J connectivity index is 2.55. The van der Waals surface area contributed by atoms with Crippen LogP contribution in [0.2, 0.25) is 0 Å². The first kappa shape index (κ1) is 17.9. The molecule has 0 aromatic carbocycles. The van der Waals surface area contributed by atoms with E-state index in [1.54, 1.807) is 0 Å². The molecule has 1 saturated heterocycles. The van der Waals surface area contributed by atoms with Crippen LogP contribution in [-0.4, -0.2) is 31.3 Å². The van der Waals surface area contributed by atoms with Crippen LogP contribution in [0.5, 0.6) is 0 Å². The summed E-state index contributed by atoms with van der Waals surface area (Å²) in [4.78, 5) is 0. The lowest BCUT2D eigenvalue weighted by Gasteiger charge is -2.47. The zero-order chi connectivity index (χ0) is 14.6. The number of nitrogens with one attached hydrogen (secondary N) is 1. The fraction of sp³-hybridized carbons (Fsp3) is 1.00. The van der Waals surface area contributed by atoms with E-state index in [9.17, 15) is 0 Å². The van der Waals surface area contributed by atoms with Crippen molar-refractivity contribution in [2.45, 2.75) is 84.2 Å². The van der Waals surface area contributed by atoms with Crippen molar-refractivity contribution in [2.24, 2.45) is 5.92 Å². The van der Waals surface area contributed by atoms with Crippen LogP contribution in [0.15, 0.2) is 0 Å². The molecule has 3 heteroatoms. The lowest BCUT2D eigenvalue weighted by atomic mass is 9.91. The first-order chi connectivity index (χ1) is 9.83. The van der Waals surface area contributed by atoms with Crippen molar-refractivity contribution in [2.75, 3.05) is 20.1 Å². The number of nitrogens with zero attached hydrogens (tertiary/aromatic N) is 2. The van der Waals surface area contributed by atoms with Crippen molar-refractivity contribution in [1.29, 1.82) is 0 Å². The van der Waals surface area contributed by atoms with Gasteiger partial charge in [-0.25, -0.2) is 0 Å². The van der Waals surface area contributed by atoms with E-state index >= 15 is 0 Å². The Kier molecular flexibility index (Phi) is 10.3. The molecule has 0 bridgehead atoms. The Bertz CT molecular complexity index is 220. The minimum atomic E-state index is 0.444. The van der Waals surface area contributed by atoms with Crippen LogP contribution in [0.4, 0.5) is 0 Å². The minimum absolute atomic E-state index is 0.444. The van der Waals surface area contributed by atoms with E-state index in [4.69, 9.17) is 5.43 Å². The molecule has 20 heavy (non-hydrogen) atoms. The highest BCUT2D eigenvalue weighted by atomic mass is 15.5. The topological polar surface area (TPSA) is 29.4 Å². The van der Waals surface area contributed by atoms with Gasteiger partial charge < -0.3 is 15.8 Å². The van der Waals surface area contributed by atoms with E-state index in [2.05, 4.69) is 31.2 Å². The Morgan fingerprint density at radius 3 is 2.55 bits per heavy atom. The van der Waals surface area contributed by atoms with Gasteiger partial charge in [-0.05, 0) is 32.4 Å². The maximum Gasteiger partial charge on any atom is 0.0456 e. The van der Waals surface area contributed by atoms with Gasteiger partial charge in [0.2, 0.25) is 0 Å². The minimum Gasteiger partial charge on any atom is -0.593 e. The lowest BCUT2D eigenvalue weighted by molar-refractivity contribution is 0.139. The third-order valence-electron chi connectivity index (χ3n) is 4.58. The monoisotopic (exact) mass is 282 g/mol. The molecule has 0 aliphatic carbocycles. The number of rotatable bonds is 7. The van der Waals surface area contributed by atoms with Crippen LogP contribution in [0.25, 0.3) is 5.43 Å². The van der Waals surface area contributed by atoms with Crippen molar-refractivity contribution in [3.63, 3.8) is 0 Å². The van der Waals surface area contributed by atoms with E-state index in [1.807, 2.05) is 0 Å². The van der Waals surface area contributed by atoms with Crippen LogP contribution in [-0.2, 0) is 0 Å². The predicted octanol–water partition coefficient (Wildman–Crippen LogP) is 4.69. The van der Waals surface area contributed by atoms with Gasteiger partial charge in [0.15, 0.2) is 0 Å². The van der Waals surface area contributed by atoms with Gasteiger partial charge in [-0.3, -0.25) is 0 Å². The van der Waals surface area contributed by atoms with Gasteiger partial charge >= 0.3 is 0 Å². The van der Waals surface area contributed by atoms with Gasteiger partial charge in [-0.15, -0.1) is 6.54 Å². The average Bonchev–Trinajstić information content (AvgIpc) is 2.48. The first-order valence-electron chi connectivity index (χ1n) is 8.94. The van der Waals surface area contributed by atoms with E-state index in [0.717, 1.165) is 19.0 Å². The third-order valence-corrected chi connectivity index (χ3v) is 4.58. The normalized spacial score (nSPS) is 26.6. The molecule has 1 N–H and O–H groups in total. The molecule has 0 radical (unpaired) electrons. The van der Waals surface area contributed by atoms with Gasteiger partial charge in [-0.1, -0.05) is 65.2 Å². The smallest absolute Gasteiger partial charge is 0.0456 e. The highest BCUT2D eigenvalue weighted by Crippen LogP contribution is 2.26. The standard InChI is InChI=1S/C17H36N3/c1-4-6-7-10-13-16-14-11-8-9-12-15-19-20(5-2)17(16)18-3/h16-18H,4-15H2,1-3H3/q-1. The van der Waals surface area contributed by atoms with Crippen molar-refractivity contribution >= 4 is 0 Å². The highest BCUT2D eigenvalue weighted by molar-refractivity contribution is 4.85. The molecule has 0 aromatic rings. The summed E-state index contributed by atoms with van der Waals surface area (Å²) in [5.74, 6) is 0.763. The van der Waals surface area contributed by atoms with Crippen LogP contribution in [0, 0.1) is 5.92 Å². The number of hydrogen-bond acceptors (Lipinski definition) is 2. The average molecular weight is 282 g/mol. The van der Waals surface area contributed by atoms with E-state index in [-0.39, 0.29) is 0 Å². The van der Waals surface area contributed by atoms with Crippen LogP contribution < -0.4 is 5.32 Å². The van der Waals surface area contributed by atoms with Gasteiger partial charge in [0.05, 0.1) is 0 Å². The quantitative estimate of drug-likeness (QED) is 0.686. The molecule has 1 aliphatic rings. The van der Waals surface area contributed by atoms with Crippen molar-refractivity contribution in [1.82, 2.24) is 10.3 Å². The van der Waals surface area contributed by atoms with Crippen molar-refractivity contribution in [3.8, 4) is 0 Å². The molecule has 2 unspecified atom stereocenters. The molecular weight excluding hydrogens is 246 g/mol. The van der Waals surface area contributed by atoms with Gasteiger partial charge in [0, 0.05) is 6.17 Å². The molecule has 0 amide bonds. The molecule has 1 heterocycles. The van der Waals surface area contributed by atoms with Gasteiger partial charge in [0.1, 0.15) is 0 Å². The van der Waals surface area contributed by atoms with E-state index in [0.29, 0.717) is 6.17 Å². The van der Waals surface area contributed by atoms with E-state index < -0.39 is 0 Å². The Morgan fingerprint density at radius 2 is 1.85 bits per heavy atom. The molecule has 0 saturated carbocycles. The Labute approximate surface area is 126 Å². The summed E-state index contributed by atoms with van der Waals surface area (Å²) in [6.07, 6.45) is 14.1. The number of hydrogen-bond donors (Lipinski definition) is 1. The molecule has 120 valence electrons. The fourth-order valence-corrected chi connectivity index (χ4v) is 3.38. The summed E-state index contributed by atoms with van der Waals surface area (Å²) in [7, 11) is 2.10. The van der Waals surface area contributed by atoms with Crippen molar-refractivity contribution in [3.05, 3.63) is 5.43 Å². The van der Waals surface area contributed by atoms with E-state index in [1.165, 1.54) is 64.2 Å². The fourth-order valence-electron chi connectivity index (χ4n) is 3.38. The summed E-state index contributed by atoms with van der Waals surface area (Å²) >= 11 is 0. The molecule has 2 atom stereocenters. The molecular formula is C17H36N3-. The van der Waals surface area contributed by atoms with Gasteiger partial charge in [-0.2, -0.15) is 0 Å². The lowest BCUT2D eigenvalue weighted by Crippen LogP contribution is -2.47. The molecule has 1 rings (SSSR count). The molecule has 0 aromatic heterocycles. The van der Waals surface area contributed by atoms with Crippen LogP contribution >= 0.6 is 0 Å². The Hall–Kier alpha value is -0.120.